The molecular weight excluding hydrogens is 307 g/mol. The summed E-state index contributed by atoms with van der Waals surface area (Å²) in [7, 11) is 1.13. The van der Waals surface area contributed by atoms with Gasteiger partial charge in [0.25, 0.3) is 0 Å². The number of rotatable bonds is 2. The van der Waals surface area contributed by atoms with Crippen LogP contribution in [0.4, 0.5) is 10.5 Å². The van der Waals surface area contributed by atoms with Crippen LogP contribution in [-0.4, -0.2) is 42.0 Å². The van der Waals surface area contributed by atoms with Gasteiger partial charge in [-0.1, -0.05) is 0 Å². The van der Waals surface area contributed by atoms with Gasteiger partial charge in [0.1, 0.15) is 5.60 Å². The molecule has 1 aliphatic rings. The first-order valence-corrected chi connectivity index (χ1v) is 8.10. The molecule has 0 bridgehead atoms. The maximum Gasteiger partial charge on any atom is 0.496 e. The third kappa shape index (κ3) is 3.90. The standard InChI is InChI=1S/C17H27BN2O4/c1-15(2,3)22-14(21)20(8)13-9-12(10-19-11-13)18-23-16(4,5)17(6,7)24-18/h9-11H,1-8H3. The summed E-state index contributed by atoms with van der Waals surface area (Å²) in [4.78, 5) is 17.9. The number of ether oxygens (including phenoxy) is 1. The Morgan fingerprint density at radius 3 is 2.21 bits per heavy atom. The molecule has 1 saturated heterocycles. The Bertz CT molecular complexity index is 609. The Labute approximate surface area is 144 Å². The minimum atomic E-state index is -0.553. The normalized spacial score (nSPS) is 19.2. The van der Waals surface area contributed by atoms with Crippen molar-refractivity contribution in [2.24, 2.45) is 0 Å². The van der Waals surface area contributed by atoms with Crippen LogP contribution in [0.1, 0.15) is 48.5 Å². The fraction of sp³-hybridized carbons (Fsp3) is 0.647. The Kier molecular flexibility index (Phi) is 4.72. The first-order chi connectivity index (χ1) is 10.8. The summed E-state index contributed by atoms with van der Waals surface area (Å²) < 4.78 is 17.4. The van der Waals surface area contributed by atoms with Gasteiger partial charge in [-0.3, -0.25) is 9.88 Å². The molecule has 0 saturated carbocycles. The second-order valence-electron chi connectivity index (χ2n) is 8.10. The van der Waals surface area contributed by atoms with E-state index in [4.69, 9.17) is 14.0 Å². The van der Waals surface area contributed by atoms with Crippen molar-refractivity contribution in [2.45, 2.75) is 65.3 Å². The Balaban J connectivity index is 2.20. The van der Waals surface area contributed by atoms with E-state index in [1.54, 1.807) is 19.4 Å². The predicted octanol–water partition coefficient (Wildman–Crippen LogP) is 2.75. The molecule has 24 heavy (non-hydrogen) atoms. The van der Waals surface area contributed by atoms with Crippen molar-refractivity contribution in [1.29, 1.82) is 0 Å². The van der Waals surface area contributed by atoms with Crippen LogP contribution in [0.25, 0.3) is 0 Å². The van der Waals surface area contributed by atoms with E-state index in [0.29, 0.717) is 5.69 Å². The van der Waals surface area contributed by atoms with Crippen LogP contribution in [0.2, 0.25) is 0 Å². The first kappa shape index (κ1) is 18.7. The van der Waals surface area contributed by atoms with Crippen molar-refractivity contribution in [2.75, 3.05) is 11.9 Å². The molecular formula is C17H27BN2O4. The molecule has 132 valence electrons. The molecule has 1 aromatic rings. The van der Waals surface area contributed by atoms with Crippen molar-refractivity contribution in [3.8, 4) is 0 Å². The summed E-state index contributed by atoms with van der Waals surface area (Å²) >= 11 is 0. The Morgan fingerprint density at radius 2 is 1.71 bits per heavy atom. The van der Waals surface area contributed by atoms with Gasteiger partial charge >= 0.3 is 13.2 Å². The molecule has 1 aromatic heterocycles. The zero-order valence-electron chi connectivity index (χ0n) is 15.8. The lowest BCUT2D eigenvalue weighted by molar-refractivity contribution is 0.00578. The third-order valence-electron chi connectivity index (χ3n) is 4.33. The summed E-state index contributed by atoms with van der Waals surface area (Å²) in [6.45, 7) is 13.5. The van der Waals surface area contributed by atoms with Crippen molar-refractivity contribution < 1.29 is 18.8 Å². The van der Waals surface area contributed by atoms with E-state index < -0.39 is 30.0 Å². The smallest absolute Gasteiger partial charge is 0.443 e. The molecule has 0 N–H and O–H groups in total. The molecule has 7 heteroatoms. The van der Waals surface area contributed by atoms with Gasteiger partial charge in [0.15, 0.2) is 0 Å². The van der Waals surface area contributed by atoms with Gasteiger partial charge in [0.05, 0.1) is 23.1 Å². The fourth-order valence-corrected chi connectivity index (χ4v) is 2.17. The number of carbonyl (C=O) groups is 1. The molecule has 1 amide bonds. The highest BCUT2D eigenvalue weighted by Gasteiger charge is 2.51. The summed E-state index contributed by atoms with van der Waals surface area (Å²) in [5.74, 6) is 0. The maximum absolute atomic E-state index is 12.2. The summed E-state index contributed by atoms with van der Waals surface area (Å²) in [5, 5.41) is 0. The number of pyridine rings is 1. The van der Waals surface area contributed by atoms with Crippen LogP contribution in [0.3, 0.4) is 0 Å². The number of hydrogen-bond donors (Lipinski definition) is 0. The molecule has 0 spiro atoms. The lowest BCUT2D eigenvalue weighted by atomic mass is 9.80. The zero-order chi connectivity index (χ0) is 18.3. The van der Waals surface area contributed by atoms with Crippen LogP contribution in [0.5, 0.6) is 0 Å². The number of nitrogens with zero attached hydrogens (tertiary/aromatic N) is 2. The van der Waals surface area contributed by atoms with Crippen molar-refractivity contribution in [1.82, 2.24) is 4.98 Å². The van der Waals surface area contributed by atoms with E-state index in [-0.39, 0.29) is 0 Å². The van der Waals surface area contributed by atoms with Gasteiger partial charge in [-0.05, 0) is 54.5 Å². The molecule has 0 radical (unpaired) electrons. The lowest BCUT2D eigenvalue weighted by Gasteiger charge is -2.32. The van der Waals surface area contributed by atoms with Crippen LogP contribution < -0.4 is 10.4 Å². The molecule has 0 atom stereocenters. The van der Waals surface area contributed by atoms with Crippen LogP contribution >= 0.6 is 0 Å². The third-order valence-corrected chi connectivity index (χ3v) is 4.33. The van der Waals surface area contributed by atoms with Gasteiger partial charge in [0.2, 0.25) is 0 Å². The zero-order valence-corrected chi connectivity index (χ0v) is 15.8. The van der Waals surface area contributed by atoms with Crippen molar-refractivity contribution in [3.05, 3.63) is 18.5 Å². The number of amides is 1. The van der Waals surface area contributed by atoms with Crippen LogP contribution in [0.15, 0.2) is 18.5 Å². The quantitative estimate of drug-likeness (QED) is 0.779. The van der Waals surface area contributed by atoms with E-state index in [0.717, 1.165) is 5.46 Å². The molecule has 0 aromatic carbocycles. The predicted molar refractivity (Wildman–Crippen MR) is 94.6 cm³/mol. The Hall–Kier alpha value is -1.60. The topological polar surface area (TPSA) is 60.9 Å². The van der Waals surface area contributed by atoms with Gasteiger partial charge in [-0.2, -0.15) is 0 Å². The number of carbonyl (C=O) groups excluding carboxylic acids is 1. The van der Waals surface area contributed by atoms with Gasteiger partial charge in [0, 0.05) is 18.7 Å². The summed E-state index contributed by atoms with van der Waals surface area (Å²) in [6.07, 6.45) is 2.86. The van der Waals surface area contributed by atoms with Gasteiger partial charge < -0.3 is 14.0 Å². The van der Waals surface area contributed by atoms with Crippen molar-refractivity contribution >= 4 is 24.4 Å². The highest BCUT2D eigenvalue weighted by Crippen LogP contribution is 2.36. The van der Waals surface area contributed by atoms with E-state index in [9.17, 15) is 4.79 Å². The minimum absolute atomic E-state index is 0.426. The van der Waals surface area contributed by atoms with Crippen LogP contribution in [-0.2, 0) is 14.0 Å². The van der Waals surface area contributed by atoms with E-state index in [1.165, 1.54) is 4.90 Å². The average Bonchev–Trinajstić information content (AvgIpc) is 2.65. The highest BCUT2D eigenvalue weighted by molar-refractivity contribution is 6.62. The molecule has 1 fully saturated rings. The Morgan fingerprint density at radius 1 is 1.17 bits per heavy atom. The second-order valence-corrected chi connectivity index (χ2v) is 8.10. The minimum Gasteiger partial charge on any atom is -0.443 e. The summed E-state index contributed by atoms with van der Waals surface area (Å²) in [5.41, 5.74) is -0.0181. The SMILES string of the molecule is CN(C(=O)OC(C)(C)C)c1cncc(B2OC(C)(C)C(C)(C)O2)c1. The maximum atomic E-state index is 12.2. The molecule has 2 heterocycles. The lowest BCUT2D eigenvalue weighted by Crippen LogP contribution is -2.41. The number of aromatic nitrogens is 1. The molecule has 1 aliphatic heterocycles. The molecule has 0 aliphatic carbocycles. The molecule has 0 unspecified atom stereocenters. The largest absolute Gasteiger partial charge is 0.496 e. The van der Waals surface area contributed by atoms with E-state index >= 15 is 0 Å². The fourth-order valence-electron chi connectivity index (χ4n) is 2.17. The number of hydrogen-bond acceptors (Lipinski definition) is 5. The van der Waals surface area contributed by atoms with E-state index in [1.807, 2.05) is 54.5 Å². The average molecular weight is 334 g/mol. The van der Waals surface area contributed by atoms with Crippen molar-refractivity contribution in [3.63, 3.8) is 0 Å². The van der Waals surface area contributed by atoms with Crippen LogP contribution in [0, 0.1) is 0 Å². The monoisotopic (exact) mass is 334 g/mol. The van der Waals surface area contributed by atoms with E-state index in [2.05, 4.69) is 4.98 Å². The second kappa shape index (κ2) is 6.04. The summed E-state index contributed by atoms with van der Waals surface area (Å²) in [6, 6.07) is 1.83. The van der Waals surface area contributed by atoms with Gasteiger partial charge in [-0.25, -0.2) is 4.79 Å². The molecule has 6 nitrogen and oxygen atoms in total. The van der Waals surface area contributed by atoms with Gasteiger partial charge in [-0.15, -0.1) is 0 Å². The molecule has 2 rings (SSSR count). The first-order valence-electron chi connectivity index (χ1n) is 8.10. The number of anilines is 1. The highest BCUT2D eigenvalue weighted by atomic mass is 16.7.